The maximum atomic E-state index is 13.9. The van der Waals surface area contributed by atoms with E-state index in [2.05, 4.69) is 9.88 Å². The number of aryl methyl sites for hydroxylation is 1. The number of rotatable bonds is 3. The highest BCUT2D eigenvalue weighted by Crippen LogP contribution is 2.17. The average molecular weight is 337 g/mol. The molecular formula is C16H18ClFN4O. The Morgan fingerprint density at radius 3 is 2.65 bits per heavy atom. The molecule has 1 aromatic carbocycles. The first kappa shape index (κ1) is 16.0. The third-order valence-electron chi connectivity index (χ3n) is 4.11. The van der Waals surface area contributed by atoms with Gasteiger partial charge in [-0.2, -0.15) is 0 Å². The Kier molecular flexibility index (Phi) is 4.63. The number of hydrogen-bond donors (Lipinski definition) is 0. The minimum Gasteiger partial charge on any atom is -0.337 e. The molecule has 23 heavy (non-hydrogen) atoms. The third kappa shape index (κ3) is 3.54. The fourth-order valence-corrected chi connectivity index (χ4v) is 2.85. The van der Waals surface area contributed by atoms with Crippen LogP contribution in [0.3, 0.4) is 0 Å². The van der Waals surface area contributed by atoms with E-state index in [0.29, 0.717) is 18.1 Å². The molecule has 0 unspecified atom stereocenters. The van der Waals surface area contributed by atoms with Crippen LogP contribution in [0.5, 0.6) is 0 Å². The van der Waals surface area contributed by atoms with Gasteiger partial charge in [-0.25, -0.2) is 9.37 Å². The van der Waals surface area contributed by atoms with Crippen LogP contribution in [0, 0.1) is 5.82 Å². The molecule has 0 saturated carbocycles. The first-order chi connectivity index (χ1) is 11.0. The van der Waals surface area contributed by atoms with Crippen molar-refractivity contribution in [3.8, 4) is 0 Å². The zero-order valence-corrected chi connectivity index (χ0v) is 13.6. The molecule has 1 aromatic heterocycles. The topological polar surface area (TPSA) is 41.4 Å². The predicted molar refractivity (Wildman–Crippen MR) is 85.8 cm³/mol. The Morgan fingerprint density at radius 1 is 1.30 bits per heavy atom. The highest BCUT2D eigenvalue weighted by Gasteiger charge is 2.24. The van der Waals surface area contributed by atoms with Gasteiger partial charge in [-0.05, 0) is 18.2 Å². The Morgan fingerprint density at radius 2 is 2.04 bits per heavy atom. The van der Waals surface area contributed by atoms with E-state index in [4.69, 9.17) is 11.6 Å². The quantitative estimate of drug-likeness (QED) is 0.862. The zero-order valence-electron chi connectivity index (χ0n) is 12.9. The van der Waals surface area contributed by atoms with Gasteiger partial charge >= 0.3 is 0 Å². The molecule has 7 heteroatoms. The van der Waals surface area contributed by atoms with E-state index >= 15 is 0 Å². The summed E-state index contributed by atoms with van der Waals surface area (Å²) in [4.78, 5) is 20.6. The minimum absolute atomic E-state index is 0.0759. The van der Waals surface area contributed by atoms with Crippen molar-refractivity contribution < 1.29 is 9.18 Å². The maximum absolute atomic E-state index is 13.9. The van der Waals surface area contributed by atoms with Gasteiger partial charge in [-0.15, -0.1) is 0 Å². The molecule has 0 bridgehead atoms. The van der Waals surface area contributed by atoms with E-state index in [9.17, 15) is 9.18 Å². The van der Waals surface area contributed by atoms with Crippen LogP contribution in [-0.4, -0.2) is 51.4 Å². The summed E-state index contributed by atoms with van der Waals surface area (Å²) >= 11 is 5.73. The summed E-state index contributed by atoms with van der Waals surface area (Å²) in [5, 5.41) is 0.291. The van der Waals surface area contributed by atoms with Gasteiger partial charge in [0.05, 0.1) is 12.1 Å². The Labute approximate surface area is 139 Å². The summed E-state index contributed by atoms with van der Waals surface area (Å²) in [6, 6.07) is 4.15. The molecule has 5 nitrogen and oxygen atoms in total. The second-order valence-corrected chi connectivity index (χ2v) is 6.08. The molecule has 0 radical (unpaired) electrons. The van der Waals surface area contributed by atoms with Gasteiger partial charge in [0.2, 0.25) is 0 Å². The maximum Gasteiger partial charge on any atom is 0.256 e. The lowest BCUT2D eigenvalue weighted by Crippen LogP contribution is -2.48. The van der Waals surface area contributed by atoms with E-state index in [1.54, 1.807) is 11.1 Å². The standard InChI is InChI=1S/C16H18ClFN4O/c1-20-5-4-19-15(20)11-21-6-8-22(9-7-21)16(23)13-3-2-12(17)10-14(13)18/h2-5,10H,6-9,11H2,1H3. The molecule has 1 saturated heterocycles. The van der Waals surface area contributed by atoms with Gasteiger partial charge < -0.3 is 9.47 Å². The van der Waals surface area contributed by atoms with E-state index < -0.39 is 5.82 Å². The van der Waals surface area contributed by atoms with Crippen LogP contribution in [-0.2, 0) is 13.6 Å². The lowest BCUT2D eigenvalue weighted by atomic mass is 10.1. The second-order valence-electron chi connectivity index (χ2n) is 5.65. The van der Waals surface area contributed by atoms with Crippen LogP contribution in [0.1, 0.15) is 16.2 Å². The SMILES string of the molecule is Cn1ccnc1CN1CCN(C(=O)c2ccc(Cl)cc2F)CC1. The van der Waals surface area contributed by atoms with Crippen LogP contribution in [0.25, 0.3) is 0 Å². The lowest BCUT2D eigenvalue weighted by Gasteiger charge is -2.34. The molecule has 122 valence electrons. The number of imidazole rings is 1. The number of benzene rings is 1. The highest BCUT2D eigenvalue weighted by atomic mass is 35.5. The first-order valence-corrected chi connectivity index (χ1v) is 7.85. The van der Waals surface area contributed by atoms with Crippen LogP contribution in [0.2, 0.25) is 5.02 Å². The Bertz CT molecular complexity index is 710. The van der Waals surface area contributed by atoms with Crippen LogP contribution in [0.15, 0.2) is 30.6 Å². The number of piperazine rings is 1. The van der Waals surface area contributed by atoms with Gasteiger partial charge in [0, 0.05) is 50.6 Å². The van der Waals surface area contributed by atoms with Crippen molar-refractivity contribution in [1.82, 2.24) is 19.4 Å². The summed E-state index contributed by atoms with van der Waals surface area (Å²) in [6.45, 7) is 3.39. The number of amides is 1. The molecule has 1 amide bonds. The molecule has 2 heterocycles. The lowest BCUT2D eigenvalue weighted by molar-refractivity contribution is 0.0620. The van der Waals surface area contributed by atoms with E-state index in [1.165, 1.54) is 18.2 Å². The van der Waals surface area contributed by atoms with Gasteiger partial charge in [0.1, 0.15) is 11.6 Å². The molecule has 1 aliphatic heterocycles. The van der Waals surface area contributed by atoms with Crippen molar-refractivity contribution in [2.45, 2.75) is 6.54 Å². The van der Waals surface area contributed by atoms with Gasteiger partial charge in [0.25, 0.3) is 5.91 Å². The average Bonchev–Trinajstić information content (AvgIpc) is 2.93. The van der Waals surface area contributed by atoms with Crippen molar-refractivity contribution in [2.24, 2.45) is 7.05 Å². The summed E-state index contributed by atoms with van der Waals surface area (Å²) in [5.41, 5.74) is 0.0759. The van der Waals surface area contributed by atoms with Gasteiger partial charge in [0.15, 0.2) is 0 Å². The van der Waals surface area contributed by atoms with E-state index in [-0.39, 0.29) is 11.5 Å². The summed E-state index contributed by atoms with van der Waals surface area (Å²) in [5.74, 6) is 0.141. The Hall–Kier alpha value is -1.92. The summed E-state index contributed by atoms with van der Waals surface area (Å²) in [7, 11) is 1.96. The highest BCUT2D eigenvalue weighted by molar-refractivity contribution is 6.30. The number of halogens is 2. The summed E-state index contributed by atoms with van der Waals surface area (Å²) < 4.78 is 15.9. The monoisotopic (exact) mass is 336 g/mol. The largest absolute Gasteiger partial charge is 0.337 e. The number of aromatic nitrogens is 2. The van der Waals surface area contributed by atoms with Crippen molar-refractivity contribution in [3.63, 3.8) is 0 Å². The van der Waals surface area contributed by atoms with E-state index in [0.717, 1.165) is 25.5 Å². The third-order valence-corrected chi connectivity index (χ3v) is 4.34. The summed E-state index contributed by atoms with van der Waals surface area (Å²) in [6.07, 6.45) is 3.69. The molecule has 0 N–H and O–H groups in total. The number of carbonyl (C=O) groups excluding carboxylic acids is 1. The molecule has 0 aliphatic carbocycles. The predicted octanol–water partition coefficient (Wildman–Crippen LogP) is 2.17. The van der Waals surface area contributed by atoms with Gasteiger partial charge in [-0.1, -0.05) is 11.6 Å². The molecule has 2 aromatic rings. The first-order valence-electron chi connectivity index (χ1n) is 7.47. The second kappa shape index (κ2) is 6.68. The smallest absolute Gasteiger partial charge is 0.256 e. The van der Waals surface area contributed by atoms with Crippen molar-refractivity contribution in [2.75, 3.05) is 26.2 Å². The van der Waals surface area contributed by atoms with Crippen molar-refractivity contribution >= 4 is 17.5 Å². The number of carbonyl (C=O) groups is 1. The molecule has 0 atom stereocenters. The normalized spacial score (nSPS) is 15.9. The van der Waals surface area contributed by atoms with Crippen molar-refractivity contribution in [3.05, 3.63) is 52.8 Å². The molecule has 1 aliphatic rings. The van der Waals surface area contributed by atoms with Crippen LogP contribution in [0.4, 0.5) is 4.39 Å². The fraction of sp³-hybridized carbons (Fsp3) is 0.375. The minimum atomic E-state index is -0.571. The van der Waals surface area contributed by atoms with Crippen LogP contribution < -0.4 is 0 Å². The molecule has 3 rings (SSSR count). The molecular weight excluding hydrogens is 319 g/mol. The Balaban J connectivity index is 1.60. The fourth-order valence-electron chi connectivity index (χ4n) is 2.69. The zero-order chi connectivity index (χ0) is 16.4. The van der Waals surface area contributed by atoms with Crippen molar-refractivity contribution in [1.29, 1.82) is 0 Å². The van der Waals surface area contributed by atoms with Gasteiger partial charge in [-0.3, -0.25) is 9.69 Å². The molecule has 0 spiro atoms. The van der Waals surface area contributed by atoms with E-state index in [1.807, 2.05) is 17.8 Å². The molecule has 1 fully saturated rings. The number of hydrogen-bond acceptors (Lipinski definition) is 3. The van der Waals surface area contributed by atoms with Crippen LogP contribution >= 0.6 is 11.6 Å². The number of nitrogens with zero attached hydrogens (tertiary/aromatic N) is 4.